The molecule has 0 N–H and O–H groups in total. The summed E-state index contributed by atoms with van der Waals surface area (Å²) in [4.78, 5) is 13.1. The molecule has 4 aliphatic rings. The van der Waals surface area contributed by atoms with Gasteiger partial charge in [-0.05, 0) is 86.0 Å². The molecule has 4 bridgehead atoms. The van der Waals surface area contributed by atoms with E-state index in [9.17, 15) is 4.79 Å². The highest BCUT2D eigenvalue weighted by Gasteiger charge is 2.52. The predicted molar refractivity (Wildman–Crippen MR) is 105 cm³/mol. The molecule has 4 fully saturated rings. The first-order chi connectivity index (χ1) is 12.6. The smallest absolute Gasteiger partial charge is 0.200 e. The minimum atomic E-state index is 0.0373. The van der Waals surface area contributed by atoms with Crippen LogP contribution in [0.1, 0.15) is 44.1 Å². The Hall–Kier alpha value is -1.80. The van der Waals surface area contributed by atoms with Gasteiger partial charge in [0.2, 0.25) is 5.43 Å². The summed E-state index contributed by atoms with van der Waals surface area (Å²) in [5.74, 6) is 2.51. The molecular formula is C23H21ClO2. The topological polar surface area (TPSA) is 30.2 Å². The van der Waals surface area contributed by atoms with Crippen LogP contribution in [0.4, 0.5) is 0 Å². The van der Waals surface area contributed by atoms with Crippen molar-refractivity contribution in [2.75, 3.05) is 0 Å². The fourth-order valence-corrected chi connectivity index (χ4v) is 6.92. The minimum absolute atomic E-state index is 0.0373. The van der Waals surface area contributed by atoms with E-state index in [1.165, 1.54) is 44.1 Å². The van der Waals surface area contributed by atoms with Crippen molar-refractivity contribution in [2.24, 2.45) is 17.8 Å². The Balaban J connectivity index is 1.68. The highest BCUT2D eigenvalue weighted by molar-refractivity contribution is 6.31. The SMILES string of the molecule is O=c1c2ccccc2oc2c(C34CC5CC(CC(C5)C3)C4)cc(Cl)cc12. The van der Waals surface area contributed by atoms with Crippen LogP contribution in [0.25, 0.3) is 21.9 Å². The number of benzene rings is 2. The molecule has 7 rings (SSSR count). The molecule has 3 aromatic rings. The first-order valence-corrected chi connectivity index (χ1v) is 10.1. The average Bonchev–Trinajstić information content (AvgIpc) is 2.61. The number of halogens is 1. The number of rotatable bonds is 1. The average molecular weight is 365 g/mol. The Bertz CT molecular complexity index is 1080. The van der Waals surface area contributed by atoms with Gasteiger partial charge in [-0.3, -0.25) is 4.79 Å². The summed E-state index contributed by atoms with van der Waals surface area (Å²) in [6.45, 7) is 0. The molecule has 2 nitrogen and oxygen atoms in total. The van der Waals surface area contributed by atoms with Gasteiger partial charge < -0.3 is 4.42 Å². The lowest BCUT2D eigenvalue weighted by atomic mass is 9.48. The van der Waals surface area contributed by atoms with Gasteiger partial charge >= 0.3 is 0 Å². The van der Waals surface area contributed by atoms with E-state index in [0.717, 1.165) is 23.3 Å². The van der Waals surface area contributed by atoms with Crippen molar-refractivity contribution in [3.63, 3.8) is 0 Å². The molecule has 0 amide bonds. The van der Waals surface area contributed by atoms with Crippen LogP contribution in [0.2, 0.25) is 5.02 Å². The van der Waals surface area contributed by atoms with Gasteiger partial charge in [0.1, 0.15) is 11.2 Å². The molecule has 2 aromatic carbocycles. The van der Waals surface area contributed by atoms with Crippen LogP contribution >= 0.6 is 11.6 Å². The van der Waals surface area contributed by atoms with Gasteiger partial charge in [-0.25, -0.2) is 0 Å². The van der Waals surface area contributed by atoms with E-state index in [1.807, 2.05) is 24.3 Å². The molecule has 3 heteroatoms. The zero-order chi connectivity index (χ0) is 17.5. The maximum absolute atomic E-state index is 13.1. The van der Waals surface area contributed by atoms with E-state index >= 15 is 0 Å². The monoisotopic (exact) mass is 364 g/mol. The van der Waals surface area contributed by atoms with Crippen molar-refractivity contribution < 1.29 is 4.42 Å². The molecule has 0 aliphatic heterocycles. The number of para-hydroxylation sites is 1. The van der Waals surface area contributed by atoms with Crippen molar-refractivity contribution in [1.29, 1.82) is 0 Å². The lowest BCUT2D eigenvalue weighted by molar-refractivity contribution is -0.00486. The molecule has 4 aliphatic carbocycles. The molecular weight excluding hydrogens is 344 g/mol. The summed E-state index contributed by atoms with van der Waals surface area (Å²) in [5, 5.41) is 1.94. The highest BCUT2D eigenvalue weighted by Crippen LogP contribution is 2.61. The predicted octanol–water partition coefficient (Wildman–Crippen LogP) is 6.07. The van der Waals surface area contributed by atoms with E-state index in [4.69, 9.17) is 16.0 Å². The molecule has 4 saturated carbocycles. The third-order valence-corrected chi connectivity index (χ3v) is 7.47. The molecule has 0 saturated heterocycles. The molecule has 0 radical (unpaired) electrons. The van der Waals surface area contributed by atoms with Crippen LogP contribution in [-0.4, -0.2) is 0 Å². The molecule has 26 heavy (non-hydrogen) atoms. The second kappa shape index (κ2) is 5.13. The molecule has 1 heterocycles. The lowest BCUT2D eigenvalue weighted by Gasteiger charge is -2.57. The van der Waals surface area contributed by atoms with Crippen LogP contribution < -0.4 is 5.43 Å². The van der Waals surface area contributed by atoms with E-state index in [0.29, 0.717) is 21.4 Å². The zero-order valence-electron chi connectivity index (χ0n) is 14.6. The van der Waals surface area contributed by atoms with Crippen molar-refractivity contribution in [1.82, 2.24) is 0 Å². The fraction of sp³-hybridized carbons (Fsp3) is 0.435. The fourth-order valence-electron chi connectivity index (χ4n) is 6.70. The van der Waals surface area contributed by atoms with Crippen molar-refractivity contribution >= 4 is 33.5 Å². The Morgan fingerprint density at radius 3 is 2.27 bits per heavy atom. The third-order valence-electron chi connectivity index (χ3n) is 7.25. The maximum Gasteiger partial charge on any atom is 0.200 e. The normalized spacial score (nSPS) is 32.6. The largest absolute Gasteiger partial charge is 0.456 e. The van der Waals surface area contributed by atoms with Gasteiger partial charge in [0, 0.05) is 10.6 Å². The van der Waals surface area contributed by atoms with Crippen LogP contribution in [-0.2, 0) is 5.41 Å². The second-order valence-corrected chi connectivity index (χ2v) is 9.39. The van der Waals surface area contributed by atoms with Crippen molar-refractivity contribution in [3.8, 4) is 0 Å². The highest BCUT2D eigenvalue weighted by atomic mass is 35.5. The van der Waals surface area contributed by atoms with Crippen LogP contribution in [0.15, 0.2) is 45.6 Å². The molecule has 0 unspecified atom stereocenters. The van der Waals surface area contributed by atoms with Crippen molar-refractivity contribution in [3.05, 3.63) is 57.2 Å². The van der Waals surface area contributed by atoms with Crippen molar-refractivity contribution in [2.45, 2.75) is 43.9 Å². The molecule has 0 atom stereocenters. The lowest BCUT2D eigenvalue weighted by Crippen LogP contribution is -2.48. The summed E-state index contributed by atoms with van der Waals surface area (Å²) in [6, 6.07) is 11.4. The molecule has 1 aromatic heterocycles. The van der Waals surface area contributed by atoms with E-state index in [1.54, 1.807) is 6.07 Å². The van der Waals surface area contributed by atoms with Gasteiger partial charge in [0.15, 0.2) is 0 Å². The summed E-state index contributed by atoms with van der Waals surface area (Å²) in [6.07, 6.45) is 7.86. The van der Waals surface area contributed by atoms with E-state index < -0.39 is 0 Å². The third kappa shape index (κ3) is 2.02. The van der Waals surface area contributed by atoms with Gasteiger partial charge in [-0.1, -0.05) is 23.7 Å². The Morgan fingerprint density at radius 1 is 0.923 bits per heavy atom. The summed E-state index contributed by atoms with van der Waals surface area (Å²) < 4.78 is 6.34. The van der Waals surface area contributed by atoms with Crippen LogP contribution in [0.5, 0.6) is 0 Å². The number of hydrogen-bond acceptors (Lipinski definition) is 2. The van der Waals surface area contributed by atoms with E-state index in [-0.39, 0.29) is 10.8 Å². The summed E-state index contributed by atoms with van der Waals surface area (Å²) in [7, 11) is 0. The first kappa shape index (κ1) is 15.3. The first-order valence-electron chi connectivity index (χ1n) is 9.77. The van der Waals surface area contributed by atoms with Gasteiger partial charge in [-0.2, -0.15) is 0 Å². The summed E-state index contributed by atoms with van der Waals surface area (Å²) >= 11 is 6.51. The van der Waals surface area contributed by atoms with Crippen LogP contribution in [0, 0.1) is 17.8 Å². The Kier molecular flexibility index (Phi) is 3.02. The number of fused-ring (bicyclic) bond motifs is 2. The van der Waals surface area contributed by atoms with E-state index in [2.05, 4.69) is 6.07 Å². The van der Waals surface area contributed by atoms with Gasteiger partial charge in [0.25, 0.3) is 0 Å². The van der Waals surface area contributed by atoms with Gasteiger partial charge in [0.05, 0.1) is 10.8 Å². The maximum atomic E-state index is 13.1. The molecule has 0 spiro atoms. The summed E-state index contributed by atoms with van der Waals surface area (Å²) in [5.41, 5.74) is 2.84. The Morgan fingerprint density at radius 2 is 1.58 bits per heavy atom. The Labute approximate surface area is 157 Å². The zero-order valence-corrected chi connectivity index (χ0v) is 15.4. The van der Waals surface area contributed by atoms with Crippen LogP contribution in [0.3, 0.4) is 0 Å². The number of hydrogen-bond donors (Lipinski definition) is 0. The minimum Gasteiger partial charge on any atom is -0.456 e. The molecule has 132 valence electrons. The van der Waals surface area contributed by atoms with Gasteiger partial charge in [-0.15, -0.1) is 0 Å². The second-order valence-electron chi connectivity index (χ2n) is 8.96. The standard InChI is InChI=1S/C23H21ClO2/c24-16-8-18-21(25)17-3-1-2-4-20(17)26-22(18)19(9-16)23-10-13-5-14(11-23)7-15(6-13)12-23/h1-4,8-9,13-15H,5-7,10-12H2. The quantitative estimate of drug-likeness (QED) is 0.491.